The zero-order valence-electron chi connectivity index (χ0n) is 17.1. The second-order valence-electron chi connectivity index (χ2n) is 6.73. The highest BCUT2D eigenvalue weighted by Crippen LogP contribution is 2.27. The van der Waals surface area contributed by atoms with Crippen molar-refractivity contribution < 1.29 is 27.1 Å². The average Bonchev–Trinajstić information content (AvgIpc) is 2.74. The monoisotopic (exact) mass is 449 g/mol. The standard InChI is InChI=1S/C21H19F4N5O2/c1-12(11-32-2)27-20-26-8-7-19(29-20)30(14-5-3-13(22)4-6-14)21(31)28-18-10-16(24)15(23)9-17(18)25/h3-10,12H,11H2,1-2H3,(H,28,31)(H,26,27,29). The van der Waals surface area contributed by atoms with Crippen LogP contribution in [-0.2, 0) is 4.74 Å². The molecule has 11 heteroatoms. The molecule has 3 rings (SSSR count). The number of carbonyl (C=O) groups is 1. The van der Waals surface area contributed by atoms with Crippen LogP contribution in [0.1, 0.15) is 6.92 Å². The summed E-state index contributed by atoms with van der Waals surface area (Å²) >= 11 is 0. The number of hydrogen-bond donors (Lipinski definition) is 2. The van der Waals surface area contributed by atoms with Gasteiger partial charge in [0.05, 0.1) is 18.0 Å². The maximum absolute atomic E-state index is 14.1. The van der Waals surface area contributed by atoms with E-state index < -0.39 is 35.0 Å². The number of rotatable bonds is 7. The number of aromatic nitrogens is 2. The van der Waals surface area contributed by atoms with E-state index >= 15 is 0 Å². The van der Waals surface area contributed by atoms with Crippen molar-refractivity contribution in [2.75, 3.05) is 29.3 Å². The number of halogens is 4. The van der Waals surface area contributed by atoms with Gasteiger partial charge >= 0.3 is 6.03 Å². The predicted octanol–water partition coefficient (Wildman–Crippen LogP) is 4.85. The Balaban J connectivity index is 1.97. The first-order valence-electron chi connectivity index (χ1n) is 9.38. The Kier molecular flexibility index (Phi) is 7.21. The van der Waals surface area contributed by atoms with Crippen LogP contribution in [0.2, 0.25) is 0 Å². The molecule has 1 atom stereocenters. The third kappa shape index (κ3) is 5.49. The summed E-state index contributed by atoms with van der Waals surface area (Å²) in [5.41, 5.74) is -0.399. The molecule has 2 amide bonds. The minimum atomic E-state index is -1.40. The van der Waals surface area contributed by atoms with Crippen LogP contribution in [0.3, 0.4) is 0 Å². The number of hydrogen-bond acceptors (Lipinski definition) is 5. The van der Waals surface area contributed by atoms with E-state index in [0.717, 1.165) is 17.0 Å². The Labute approximate surface area is 181 Å². The van der Waals surface area contributed by atoms with Crippen molar-refractivity contribution in [3.05, 3.63) is 71.9 Å². The van der Waals surface area contributed by atoms with Gasteiger partial charge in [0, 0.05) is 37.5 Å². The van der Waals surface area contributed by atoms with Crippen LogP contribution in [0.5, 0.6) is 0 Å². The SMILES string of the molecule is COCC(C)Nc1nccc(N(C(=O)Nc2cc(F)c(F)cc2F)c2ccc(F)cc2)n1. The molecule has 0 bridgehead atoms. The quantitative estimate of drug-likeness (QED) is 0.398. The lowest BCUT2D eigenvalue weighted by molar-refractivity contribution is 0.190. The second-order valence-corrected chi connectivity index (χ2v) is 6.73. The van der Waals surface area contributed by atoms with Crippen molar-refractivity contribution in [3.8, 4) is 0 Å². The molecule has 0 aliphatic heterocycles. The summed E-state index contributed by atoms with van der Waals surface area (Å²) in [6.07, 6.45) is 1.38. The summed E-state index contributed by atoms with van der Waals surface area (Å²) < 4.78 is 59.3. The van der Waals surface area contributed by atoms with Gasteiger partial charge in [-0.15, -0.1) is 0 Å². The third-order valence-electron chi connectivity index (χ3n) is 4.20. The lowest BCUT2D eigenvalue weighted by atomic mass is 10.2. The fraction of sp³-hybridized carbons (Fsp3) is 0.190. The summed E-state index contributed by atoms with van der Waals surface area (Å²) in [6, 6.07) is 5.98. The molecule has 1 unspecified atom stereocenters. The van der Waals surface area contributed by atoms with Crippen molar-refractivity contribution >= 4 is 29.2 Å². The summed E-state index contributed by atoms with van der Waals surface area (Å²) in [7, 11) is 1.54. The Morgan fingerprint density at radius 3 is 2.44 bits per heavy atom. The van der Waals surface area contributed by atoms with Crippen molar-refractivity contribution in [2.24, 2.45) is 0 Å². The second kappa shape index (κ2) is 10.1. The first-order chi connectivity index (χ1) is 15.3. The van der Waals surface area contributed by atoms with Gasteiger partial charge < -0.3 is 15.4 Å². The Bertz CT molecular complexity index is 1100. The van der Waals surface area contributed by atoms with Gasteiger partial charge in [0.15, 0.2) is 11.6 Å². The molecule has 7 nitrogen and oxygen atoms in total. The van der Waals surface area contributed by atoms with Crippen LogP contribution in [0.4, 0.5) is 45.5 Å². The smallest absolute Gasteiger partial charge is 0.332 e. The number of carbonyl (C=O) groups excluding carboxylic acids is 1. The van der Waals surface area contributed by atoms with Crippen LogP contribution >= 0.6 is 0 Å². The number of nitrogens with one attached hydrogen (secondary N) is 2. The number of nitrogens with zero attached hydrogens (tertiary/aromatic N) is 3. The van der Waals surface area contributed by atoms with Crippen molar-refractivity contribution in [1.29, 1.82) is 0 Å². The molecule has 0 saturated carbocycles. The predicted molar refractivity (Wildman–Crippen MR) is 111 cm³/mol. The number of amides is 2. The molecule has 0 aliphatic rings. The molecule has 168 valence electrons. The third-order valence-corrected chi connectivity index (χ3v) is 4.20. The molecule has 0 aliphatic carbocycles. The molecule has 0 fully saturated rings. The fourth-order valence-corrected chi connectivity index (χ4v) is 2.79. The van der Waals surface area contributed by atoms with Crippen LogP contribution in [-0.4, -0.2) is 35.8 Å². The van der Waals surface area contributed by atoms with Gasteiger partial charge in [0.25, 0.3) is 0 Å². The van der Waals surface area contributed by atoms with Gasteiger partial charge in [0.2, 0.25) is 5.95 Å². The number of ether oxygens (including phenoxy) is 1. The Hall–Kier alpha value is -3.73. The van der Waals surface area contributed by atoms with Gasteiger partial charge in [-0.2, -0.15) is 4.98 Å². The molecule has 1 heterocycles. The first-order valence-corrected chi connectivity index (χ1v) is 9.38. The molecular weight excluding hydrogens is 430 g/mol. The van der Waals surface area contributed by atoms with Gasteiger partial charge in [-0.05, 0) is 31.2 Å². The van der Waals surface area contributed by atoms with E-state index in [-0.39, 0.29) is 23.5 Å². The van der Waals surface area contributed by atoms with Crippen LogP contribution in [0, 0.1) is 23.3 Å². The molecule has 0 saturated heterocycles. The van der Waals surface area contributed by atoms with Gasteiger partial charge in [0.1, 0.15) is 17.5 Å². The topological polar surface area (TPSA) is 79.4 Å². The molecule has 0 radical (unpaired) electrons. The number of benzene rings is 2. The Morgan fingerprint density at radius 2 is 1.75 bits per heavy atom. The molecular formula is C21H19F4N5O2. The summed E-state index contributed by atoms with van der Waals surface area (Å²) in [5.74, 6) is -4.22. The molecule has 1 aromatic heterocycles. The van der Waals surface area contributed by atoms with E-state index in [1.165, 1.54) is 31.5 Å². The maximum Gasteiger partial charge on any atom is 0.332 e. The van der Waals surface area contributed by atoms with Crippen molar-refractivity contribution in [3.63, 3.8) is 0 Å². The van der Waals surface area contributed by atoms with E-state index in [1.54, 1.807) is 0 Å². The zero-order chi connectivity index (χ0) is 23.3. The van der Waals surface area contributed by atoms with Crippen LogP contribution in [0.15, 0.2) is 48.7 Å². The highest BCUT2D eigenvalue weighted by atomic mass is 19.2. The van der Waals surface area contributed by atoms with Crippen LogP contribution in [0.25, 0.3) is 0 Å². The molecule has 3 aromatic rings. The number of anilines is 4. The van der Waals surface area contributed by atoms with E-state index in [4.69, 9.17) is 4.74 Å². The zero-order valence-corrected chi connectivity index (χ0v) is 17.1. The molecule has 2 aromatic carbocycles. The highest BCUT2D eigenvalue weighted by molar-refractivity contribution is 6.06. The van der Waals surface area contributed by atoms with Gasteiger partial charge in [-0.3, -0.25) is 0 Å². The molecule has 0 spiro atoms. The summed E-state index contributed by atoms with van der Waals surface area (Å²) in [4.78, 5) is 22.4. The lowest BCUT2D eigenvalue weighted by Gasteiger charge is -2.23. The van der Waals surface area contributed by atoms with Gasteiger partial charge in [-0.25, -0.2) is 32.2 Å². The number of methoxy groups -OCH3 is 1. The van der Waals surface area contributed by atoms with E-state index in [2.05, 4.69) is 20.6 Å². The first kappa shape index (κ1) is 22.9. The van der Waals surface area contributed by atoms with Crippen LogP contribution < -0.4 is 15.5 Å². The Morgan fingerprint density at radius 1 is 1.06 bits per heavy atom. The summed E-state index contributed by atoms with van der Waals surface area (Å²) in [5, 5.41) is 5.17. The highest BCUT2D eigenvalue weighted by Gasteiger charge is 2.22. The van der Waals surface area contributed by atoms with Crippen molar-refractivity contribution in [1.82, 2.24) is 9.97 Å². The van der Waals surface area contributed by atoms with E-state index in [1.807, 2.05) is 6.92 Å². The summed E-state index contributed by atoms with van der Waals surface area (Å²) in [6.45, 7) is 2.20. The normalized spacial score (nSPS) is 11.7. The largest absolute Gasteiger partial charge is 0.383 e. The van der Waals surface area contributed by atoms with Gasteiger partial charge in [-0.1, -0.05) is 0 Å². The minimum Gasteiger partial charge on any atom is -0.383 e. The molecule has 32 heavy (non-hydrogen) atoms. The van der Waals surface area contributed by atoms with Crippen molar-refractivity contribution in [2.45, 2.75) is 13.0 Å². The lowest BCUT2D eigenvalue weighted by Crippen LogP contribution is -2.32. The van der Waals surface area contributed by atoms with E-state index in [9.17, 15) is 22.4 Å². The van der Waals surface area contributed by atoms with E-state index in [0.29, 0.717) is 18.7 Å². The average molecular weight is 449 g/mol. The molecule has 2 N–H and O–H groups in total. The minimum absolute atomic E-state index is 0.0548. The fourth-order valence-electron chi connectivity index (χ4n) is 2.79. The number of urea groups is 1. The maximum atomic E-state index is 14.1.